The quantitative estimate of drug-likeness (QED) is 0.114. The Morgan fingerprint density at radius 2 is 0.964 bits per heavy atom. The van der Waals surface area contributed by atoms with Crippen molar-refractivity contribution in [1.29, 1.82) is 0 Å². The molecule has 6 heteroatoms. The molecule has 0 spiro atoms. The number of fused-ring (bicyclic) bond motifs is 4. The Morgan fingerprint density at radius 1 is 0.410 bits per heavy atom. The maximum absolute atomic E-state index is 7.12. The molecule has 9 aromatic carbocycles. The Kier molecular flexibility index (Phi) is 14.8. The van der Waals surface area contributed by atoms with Crippen LogP contribution < -0.4 is 14.5 Å². The Labute approximate surface area is 506 Å². The van der Waals surface area contributed by atoms with Gasteiger partial charge in [0.25, 0.3) is 0 Å². The number of aromatic nitrogens is 2. The second-order valence-corrected chi connectivity index (χ2v) is 25.9. The summed E-state index contributed by atoms with van der Waals surface area (Å²) in [5.41, 5.74) is 16.9. The Hall–Kier alpha value is -7.98. The fraction of sp³-hybridized carbons (Fsp3) is 0.221. The summed E-state index contributed by atoms with van der Waals surface area (Å²) in [4.78, 5) is 9.73. The molecular weight excluding hydrogens is 1190 g/mol. The smallest absolute Gasteiger partial charge is 0.135 e. The second-order valence-electron chi connectivity index (χ2n) is 25.9. The van der Waals surface area contributed by atoms with Crippen LogP contribution in [0.2, 0.25) is 0 Å². The number of anilines is 4. The fourth-order valence-electron chi connectivity index (χ4n) is 12.0. The van der Waals surface area contributed by atoms with Crippen LogP contribution in [-0.2, 0) is 48.1 Å². The van der Waals surface area contributed by atoms with E-state index in [2.05, 4.69) is 329 Å². The van der Waals surface area contributed by atoms with Gasteiger partial charge < -0.3 is 19.1 Å². The summed E-state index contributed by atoms with van der Waals surface area (Å²) in [6.07, 6.45) is 1.92. The largest absolute Gasteiger partial charge is 0.509 e. The molecule has 0 fully saturated rings. The summed E-state index contributed by atoms with van der Waals surface area (Å²) in [5, 5.41) is 2.19. The van der Waals surface area contributed by atoms with Crippen LogP contribution in [0.3, 0.4) is 0 Å². The summed E-state index contributed by atoms with van der Waals surface area (Å²) in [5.74, 6) is 2.03. The van der Waals surface area contributed by atoms with Gasteiger partial charge in [-0.25, -0.2) is 4.98 Å². The normalized spacial score (nSPS) is 13.1. The molecule has 5 nitrogen and oxygen atoms in total. The monoisotopic (exact) mass is 1260 g/mol. The van der Waals surface area contributed by atoms with E-state index in [9.17, 15) is 0 Å². The standard InChI is InChI=1S/C77H73N4O.Pt/c1-73(2,3)57-40-41-78-72(46-57)81-68-39-36-53(52-26-17-13-18-27-52)42-65(68)64-38-37-62(48-69(64)81)82-63-45-59(74(4,5)6)44-61(47-63)80-51-79(60-35-25-34-58(43-60)75(7,8)54-28-19-14-20-29-54)70-49-66(76(9,10)55-30-21-15-22-31-55)67(50-71(70)80)77(11,12)56-32-23-16-24-33-56;/h13-46,49-51H,1-12H3;/q-3;. The van der Waals surface area contributed by atoms with Crippen LogP contribution in [0.5, 0.6) is 11.5 Å². The minimum atomic E-state index is -0.384. The maximum Gasteiger partial charge on any atom is 0.135 e. The first-order chi connectivity index (χ1) is 39.2. The predicted octanol–water partition coefficient (Wildman–Crippen LogP) is 20.2. The van der Waals surface area contributed by atoms with E-state index in [-0.39, 0.29) is 48.1 Å². The van der Waals surface area contributed by atoms with Crippen LogP contribution in [-0.4, -0.2) is 9.55 Å². The molecule has 3 heterocycles. The van der Waals surface area contributed by atoms with Gasteiger partial charge in [-0.3, -0.25) is 0 Å². The molecule has 0 atom stereocenters. The molecule has 2 aromatic heterocycles. The predicted molar refractivity (Wildman–Crippen MR) is 343 cm³/mol. The van der Waals surface area contributed by atoms with Crippen LogP contribution in [0.1, 0.15) is 128 Å². The van der Waals surface area contributed by atoms with E-state index in [0.29, 0.717) is 11.5 Å². The molecule has 0 N–H and O–H groups in total. The summed E-state index contributed by atoms with van der Waals surface area (Å²) >= 11 is 0. The van der Waals surface area contributed by atoms with Gasteiger partial charge >= 0.3 is 0 Å². The Balaban J connectivity index is 0.00000721. The summed E-state index contributed by atoms with van der Waals surface area (Å²) in [6, 6.07) is 84.7. The van der Waals surface area contributed by atoms with E-state index in [1.165, 1.54) is 44.5 Å². The van der Waals surface area contributed by atoms with Crippen molar-refractivity contribution in [1.82, 2.24) is 9.55 Å². The van der Waals surface area contributed by atoms with Crippen LogP contribution in [0.15, 0.2) is 219 Å². The van der Waals surface area contributed by atoms with Gasteiger partial charge in [0, 0.05) is 77.6 Å². The number of hydrogen-bond donors (Lipinski definition) is 0. The molecule has 12 rings (SSSR count). The number of rotatable bonds is 12. The molecule has 420 valence electrons. The van der Waals surface area contributed by atoms with Gasteiger partial charge in [0.05, 0.1) is 0 Å². The Morgan fingerprint density at radius 3 is 1.55 bits per heavy atom. The molecule has 1 aliphatic heterocycles. The van der Waals surface area contributed by atoms with E-state index in [0.717, 1.165) is 61.5 Å². The number of pyridine rings is 1. The van der Waals surface area contributed by atoms with E-state index in [1.54, 1.807) is 0 Å². The first-order valence-electron chi connectivity index (χ1n) is 28.8. The third-order valence-electron chi connectivity index (χ3n) is 17.3. The van der Waals surface area contributed by atoms with Gasteiger partial charge in [0.2, 0.25) is 0 Å². The molecule has 0 aliphatic carbocycles. The van der Waals surface area contributed by atoms with Gasteiger partial charge in [0.15, 0.2) is 0 Å². The van der Waals surface area contributed by atoms with Crippen molar-refractivity contribution in [3.8, 4) is 28.4 Å². The van der Waals surface area contributed by atoms with Gasteiger partial charge in [-0.05, 0) is 109 Å². The van der Waals surface area contributed by atoms with E-state index < -0.39 is 0 Å². The molecule has 0 bridgehead atoms. The van der Waals surface area contributed by atoms with Gasteiger partial charge in [-0.2, -0.15) is 6.07 Å². The number of benzene rings is 9. The van der Waals surface area contributed by atoms with Crippen molar-refractivity contribution in [2.24, 2.45) is 0 Å². The minimum Gasteiger partial charge on any atom is -0.509 e. The minimum absolute atomic E-state index is 0. The summed E-state index contributed by atoms with van der Waals surface area (Å²) in [6.45, 7) is 29.9. The zero-order valence-corrected chi connectivity index (χ0v) is 52.1. The first kappa shape index (κ1) is 56.9. The van der Waals surface area contributed by atoms with Crippen LogP contribution >= 0.6 is 0 Å². The zero-order valence-electron chi connectivity index (χ0n) is 49.9. The van der Waals surface area contributed by atoms with Gasteiger partial charge in [-0.15, -0.1) is 53.6 Å². The van der Waals surface area contributed by atoms with Crippen LogP contribution in [0, 0.1) is 18.8 Å². The molecule has 0 amide bonds. The molecule has 0 saturated carbocycles. The first-order valence-corrected chi connectivity index (χ1v) is 28.8. The molecule has 0 radical (unpaired) electrons. The number of nitrogens with zero attached hydrogens (tertiary/aromatic N) is 4. The van der Waals surface area contributed by atoms with E-state index in [4.69, 9.17) is 9.72 Å². The maximum atomic E-state index is 7.12. The number of ether oxygens (including phenoxy) is 1. The van der Waals surface area contributed by atoms with Crippen LogP contribution in [0.4, 0.5) is 22.7 Å². The summed E-state index contributed by atoms with van der Waals surface area (Å²) < 4.78 is 9.37. The van der Waals surface area contributed by atoms with Crippen molar-refractivity contribution in [2.45, 2.75) is 110 Å². The molecule has 1 aliphatic rings. The molecular formula is C77H73N4OPt-3. The SMILES string of the molecule is CC(C)(C)c1cc(Oc2[c-]c3c(cc2)c2cc(-c4ccccc4)ccc2n3-c2cc(C(C)(C)C)ccn2)[c-]c(N2[CH-]N(c3cccc(C(C)(C)c4ccccc4)c3)c3cc(C(C)(C)c4ccccc4)c(C(C)(C)c4ccccc4)cc32)c1.[Pt]. The van der Waals surface area contributed by atoms with Crippen molar-refractivity contribution in [3.05, 3.63) is 282 Å². The van der Waals surface area contributed by atoms with E-state index >= 15 is 0 Å². The third kappa shape index (κ3) is 10.6. The third-order valence-corrected chi connectivity index (χ3v) is 17.3. The molecule has 11 aromatic rings. The van der Waals surface area contributed by atoms with Crippen molar-refractivity contribution < 1.29 is 25.8 Å². The second kappa shape index (κ2) is 21.6. The Bertz CT molecular complexity index is 4150. The van der Waals surface area contributed by atoms with Crippen molar-refractivity contribution in [3.63, 3.8) is 0 Å². The molecule has 83 heavy (non-hydrogen) atoms. The zero-order chi connectivity index (χ0) is 57.3. The van der Waals surface area contributed by atoms with Crippen molar-refractivity contribution in [2.75, 3.05) is 9.80 Å². The van der Waals surface area contributed by atoms with Crippen LogP contribution in [0.25, 0.3) is 38.8 Å². The van der Waals surface area contributed by atoms with Gasteiger partial charge in [0.1, 0.15) is 5.82 Å². The fourth-order valence-corrected chi connectivity index (χ4v) is 12.0. The summed E-state index contributed by atoms with van der Waals surface area (Å²) in [7, 11) is 0. The molecule has 0 unspecified atom stereocenters. The van der Waals surface area contributed by atoms with E-state index in [1.807, 2.05) is 6.20 Å². The van der Waals surface area contributed by atoms with Crippen molar-refractivity contribution >= 4 is 44.6 Å². The average Bonchev–Trinajstić information content (AvgIpc) is 2.57. The molecule has 0 saturated heterocycles. The topological polar surface area (TPSA) is 33.5 Å². The average molecular weight is 1270 g/mol. The number of hydrogen-bond acceptors (Lipinski definition) is 4. The van der Waals surface area contributed by atoms with Gasteiger partial charge in [-0.1, -0.05) is 234 Å².